The SMILES string of the molecule is C=CC[C@H](NC(=O)c1ccnc2ccccc12)C(N)=O. The molecule has 1 heterocycles. The van der Waals surface area contributed by atoms with Crippen molar-refractivity contribution in [3.8, 4) is 0 Å². The summed E-state index contributed by atoms with van der Waals surface area (Å²) in [5.41, 5.74) is 6.43. The molecule has 0 aliphatic carbocycles. The summed E-state index contributed by atoms with van der Waals surface area (Å²) in [5.74, 6) is -0.939. The minimum absolute atomic E-state index is 0.296. The second-order valence-electron chi connectivity index (χ2n) is 4.33. The van der Waals surface area contributed by atoms with Crippen LogP contribution in [-0.2, 0) is 4.79 Å². The Balaban J connectivity index is 2.31. The minimum Gasteiger partial charge on any atom is -0.368 e. The first-order chi connectivity index (χ1) is 9.63. The van der Waals surface area contributed by atoms with Gasteiger partial charge in [0.1, 0.15) is 6.04 Å². The van der Waals surface area contributed by atoms with Crippen molar-refractivity contribution < 1.29 is 9.59 Å². The molecule has 1 aromatic heterocycles. The topological polar surface area (TPSA) is 85.1 Å². The van der Waals surface area contributed by atoms with Crippen LogP contribution in [-0.4, -0.2) is 22.8 Å². The molecule has 0 bridgehead atoms. The number of nitrogens with zero attached hydrogens (tertiary/aromatic N) is 1. The van der Waals surface area contributed by atoms with Crippen molar-refractivity contribution in [2.45, 2.75) is 12.5 Å². The van der Waals surface area contributed by atoms with Crippen molar-refractivity contribution in [2.24, 2.45) is 5.73 Å². The van der Waals surface area contributed by atoms with Crippen LogP contribution in [0.2, 0.25) is 0 Å². The van der Waals surface area contributed by atoms with E-state index in [1.54, 1.807) is 18.3 Å². The third-order valence-corrected chi connectivity index (χ3v) is 2.94. The number of aromatic nitrogens is 1. The number of hydrogen-bond acceptors (Lipinski definition) is 3. The molecule has 0 fully saturated rings. The van der Waals surface area contributed by atoms with Crippen LogP contribution in [0.15, 0.2) is 49.2 Å². The van der Waals surface area contributed by atoms with Gasteiger partial charge < -0.3 is 11.1 Å². The third-order valence-electron chi connectivity index (χ3n) is 2.94. The number of amides is 2. The predicted molar refractivity (Wildman–Crippen MR) is 77.0 cm³/mol. The summed E-state index contributed by atoms with van der Waals surface area (Å²) in [4.78, 5) is 27.7. The number of benzene rings is 1. The van der Waals surface area contributed by atoms with E-state index in [1.807, 2.05) is 24.3 Å². The molecule has 0 saturated heterocycles. The molecular formula is C15H15N3O2. The molecule has 0 spiro atoms. The van der Waals surface area contributed by atoms with Crippen LogP contribution in [0.25, 0.3) is 10.9 Å². The first-order valence-electron chi connectivity index (χ1n) is 6.18. The molecule has 0 aliphatic heterocycles. The lowest BCUT2D eigenvalue weighted by Crippen LogP contribution is -2.44. The standard InChI is InChI=1S/C15H15N3O2/c1-2-5-13(14(16)19)18-15(20)11-8-9-17-12-7-4-3-6-10(11)12/h2-4,6-9,13H,1,5H2,(H2,16,19)(H,18,20)/t13-/m0/s1. The Morgan fingerprint density at radius 3 is 2.80 bits per heavy atom. The molecule has 102 valence electrons. The zero-order valence-electron chi connectivity index (χ0n) is 10.9. The Bertz CT molecular complexity index is 662. The molecule has 20 heavy (non-hydrogen) atoms. The van der Waals surface area contributed by atoms with Crippen molar-refractivity contribution in [1.82, 2.24) is 10.3 Å². The van der Waals surface area contributed by atoms with Crippen LogP contribution in [0.1, 0.15) is 16.8 Å². The Morgan fingerprint density at radius 2 is 2.10 bits per heavy atom. The van der Waals surface area contributed by atoms with E-state index in [4.69, 9.17) is 5.73 Å². The van der Waals surface area contributed by atoms with Gasteiger partial charge in [0.05, 0.1) is 11.1 Å². The van der Waals surface area contributed by atoms with E-state index < -0.39 is 11.9 Å². The summed E-state index contributed by atoms with van der Waals surface area (Å²) >= 11 is 0. The first kappa shape index (κ1) is 13.7. The highest BCUT2D eigenvalue weighted by molar-refractivity contribution is 6.07. The van der Waals surface area contributed by atoms with E-state index in [0.717, 1.165) is 10.9 Å². The van der Waals surface area contributed by atoms with Gasteiger partial charge in [-0.2, -0.15) is 0 Å². The molecule has 2 rings (SSSR count). The lowest BCUT2D eigenvalue weighted by molar-refractivity contribution is -0.119. The normalized spacial score (nSPS) is 11.8. The number of primary amides is 1. The molecule has 2 amide bonds. The highest BCUT2D eigenvalue weighted by Gasteiger charge is 2.18. The van der Waals surface area contributed by atoms with Gasteiger partial charge in [-0.15, -0.1) is 6.58 Å². The van der Waals surface area contributed by atoms with E-state index >= 15 is 0 Å². The number of rotatable bonds is 5. The second-order valence-corrected chi connectivity index (χ2v) is 4.33. The van der Waals surface area contributed by atoms with E-state index in [-0.39, 0.29) is 5.91 Å². The second kappa shape index (κ2) is 5.97. The van der Waals surface area contributed by atoms with Gasteiger partial charge in [0.2, 0.25) is 5.91 Å². The van der Waals surface area contributed by atoms with Crippen LogP contribution in [0.3, 0.4) is 0 Å². The van der Waals surface area contributed by atoms with Crippen molar-refractivity contribution in [1.29, 1.82) is 0 Å². The molecule has 0 radical (unpaired) electrons. The van der Waals surface area contributed by atoms with Crippen molar-refractivity contribution in [3.63, 3.8) is 0 Å². The van der Waals surface area contributed by atoms with E-state index in [2.05, 4.69) is 16.9 Å². The van der Waals surface area contributed by atoms with Gasteiger partial charge in [-0.3, -0.25) is 14.6 Å². The number of nitrogens with two attached hydrogens (primary N) is 1. The number of para-hydroxylation sites is 1. The Labute approximate surface area is 116 Å². The molecule has 1 atom stereocenters. The van der Waals surface area contributed by atoms with Gasteiger partial charge in [0.15, 0.2) is 0 Å². The number of carbonyl (C=O) groups is 2. The van der Waals surface area contributed by atoms with E-state index in [1.165, 1.54) is 0 Å². The highest BCUT2D eigenvalue weighted by Crippen LogP contribution is 2.16. The van der Waals surface area contributed by atoms with Gasteiger partial charge in [-0.25, -0.2) is 0 Å². The average molecular weight is 269 g/mol. The number of fused-ring (bicyclic) bond motifs is 1. The predicted octanol–water partition coefficient (Wildman–Crippen LogP) is 1.39. The maximum Gasteiger partial charge on any atom is 0.252 e. The van der Waals surface area contributed by atoms with Gasteiger partial charge in [-0.05, 0) is 18.6 Å². The summed E-state index contributed by atoms with van der Waals surface area (Å²) in [7, 11) is 0. The molecular weight excluding hydrogens is 254 g/mol. The first-order valence-corrected chi connectivity index (χ1v) is 6.18. The third kappa shape index (κ3) is 2.83. The van der Waals surface area contributed by atoms with Gasteiger partial charge in [-0.1, -0.05) is 24.3 Å². The summed E-state index contributed by atoms with van der Waals surface area (Å²) in [5, 5.41) is 3.34. The minimum atomic E-state index is -0.757. The fourth-order valence-electron chi connectivity index (χ4n) is 1.94. The maximum absolute atomic E-state index is 12.3. The van der Waals surface area contributed by atoms with Crippen LogP contribution in [0, 0.1) is 0 Å². The molecule has 0 unspecified atom stereocenters. The Morgan fingerprint density at radius 1 is 1.35 bits per heavy atom. The highest BCUT2D eigenvalue weighted by atomic mass is 16.2. The largest absolute Gasteiger partial charge is 0.368 e. The summed E-state index contributed by atoms with van der Waals surface area (Å²) in [6, 6.07) is 8.17. The van der Waals surface area contributed by atoms with Crippen LogP contribution in [0.4, 0.5) is 0 Å². The number of carbonyl (C=O) groups excluding carboxylic acids is 2. The fourth-order valence-corrected chi connectivity index (χ4v) is 1.94. The molecule has 5 heteroatoms. The van der Waals surface area contributed by atoms with Crippen LogP contribution >= 0.6 is 0 Å². The molecule has 3 N–H and O–H groups in total. The molecule has 1 aromatic carbocycles. The van der Waals surface area contributed by atoms with Gasteiger partial charge in [0, 0.05) is 11.6 Å². The number of pyridine rings is 1. The monoisotopic (exact) mass is 269 g/mol. The quantitative estimate of drug-likeness (QED) is 0.804. The fraction of sp³-hybridized carbons (Fsp3) is 0.133. The Kier molecular flexibility index (Phi) is 4.10. The lowest BCUT2D eigenvalue weighted by atomic mass is 10.1. The smallest absolute Gasteiger partial charge is 0.252 e. The zero-order valence-corrected chi connectivity index (χ0v) is 10.9. The summed E-state index contributed by atoms with van der Waals surface area (Å²) in [6.07, 6.45) is 3.40. The van der Waals surface area contributed by atoms with Gasteiger partial charge in [0.25, 0.3) is 5.91 Å². The van der Waals surface area contributed by atoms with Crippen LogP contribution < -0.4 is 11.1 Å². The molecule has 2 aromatic rings. The summed E-state index contributed by atoms with van der Waals surface area (Å²) in [6.45, 7) is 3.54. The average Bonchev–Trinajstić information content (AvgIpc) is 2.46. The van der Waals surface area contributed by atoms with Gasteiger partial charge >= 0.3 is 0 Å². The number of nitrogens with one attached hydrogen (secondary N) is 1. The maximum atomic E-state index is 12.3. The van der Waals surface area contributed by atoms with E-state index in [9.17, 15) is 9.59 Å². The van der Waals surface area contributed by atoms with E-state index in [0.29, 0.717) is 12.0 Å². The number of hydrogen-bond donors (Lipinski definition) is 2. The molecule has 0 saturated carbocycles. The van der Waals surface area contributed by atoms with Crippen molar-refractivity contribution in [2.75, 3.05) is 0 Å². The van der Waals surface area contributed by atoms with Crippen LogP contribution in [0.5, 0.6) is 0 Å². The van der Waals surface area contributed by atoms with Crippen molar-refractivity contribution >= 4 is 22.7 Å². The Hall–Kier alpha value is -2.69. The zero-order chi connectivity index (χ0) is 14.5. The molecule has 0 aliphatic rings. The summed E-state index contributed by atoms with van der Waals surface area (Å²) < 4.78 is 0. The lowest BCUT2D eigenvalue weighted by Gasteiger charge is -2.14. The van der Waals surface area contributed by atoms with Crippen molar-refractivity contribution in [3.05, 3.63) is 54.7 Å². The molecule has 5 nitrogen and oxygen atoms in total.